The van der Waals surface area contributed by atoms with Crippen LogP contribution in [0.5, 0.6) is 0 Å². The molecule has 0 saturated heterocycles. The molecule has 1 heterocycles. The lowest BCUT2D eigenvalue weighted by atomic mass is 9.96. The lowest BCUT2D eigenvalue weighted by Gasteiger charge is -2.21. The van der Waals surface area contributed by atoms with Crippen LogP contribution in [0.4, 0.5) is 0 Å². The predicted octanol–water partition coefficient (Wildman–Crippen LogP) is 3.08. The van der Waals surface area contributed by atoms with Crippen molar-refractivity contribution in [1.29, 1.82) is 0 Å². The maximum atomic E-state index is 12.2. The van der Waals surface area contributed by atoms with Crippen molar-refractivity contribution < 1.29 is 4.21 Å². The van der Waals surface area contributed by atoms with Crippen molar-refractivity contribution >= 4 is 22.6 Å². The van der Waals surface area contributed by atoms with Crippen molar-refractivity contribution in [3.8, 4) is 0 Å². The Kier molecular flexibility index (Phi) is 5.61. The van der Waals surface area contributed by atoms with Gasteiger partial charge in [-0.25, -0.2) is 4.68 Å². The standard InChI is InChI=1S/C15H20N4OS2/c20-22(14-9-5-2-6-10-14)12-11-21-15-16-17-18-19(15)13-7-3-1-4-8-13/h2,5-6,9-10,13H,1,3-4,7-8,11-12H2/t22-/m1/s1. The molecule has 1 fully saturated rings. The van der Waals surface area contributed by atoms with Crippen LogP contribution in [-0.2, 0) is 10.8 Å². The first-order valence-corrected chi connectivity index (χ1v) is 9.99. The average molecular weight is 336 g/mol. The molecule has 0 bridgehead atoms. The van der Waals surface area contributed by atoms with Gasteiger partial charge in [0.25, 0.3) is 0 Å². The molecule has 22 heavy (non-hydrogen) atoms. The number of nitrogens with zero attached hydrogens (tertiary/aromatic N) is 4. The highest BCUT2D eigenvalue weighted by Crippen LogP contribution is 2.30. The summed E-state index contributed by atoms with van der Waals surface area (Å²) in [6.07, 6.45) is 6.15. The highest BCUT2D eigenvalue weighted by atomic mass is 32.2. The van der Waals surface area contributed by atoms with E-state index in [0.29, 0.717) is 11.8 Å². The van der Waals surface area contributed by atoms with Crippen molar-refractivity contribution in [2.45, 2.75) is 48.2 Å². The minimum atomic E-state index is -0.955. The molecular weight excluding hydrogens is 316 g/mol. The fraction of sp³-hybridized carbons (Fsp3) is 0.533. The average Bonchev–Trinajstić information content (AvgIpc) is 3.05. The highest BCUT2D eigenvalue weighted by molar-refractivity contribution is 8.00. The number of aromatic nitrogens is 4. The van der Waals surface area contributed by atoms with E-state index in [1.54, 1.807) is 11.8 Å². The van der Waals surface area contributed by atoms with Gasteiger partial charge in [-0.2, -0.15) is 0 Å². The Morgan fingerprint density at radius 2 is 1.95 bits per heavy atom. The van der Waals surface area contributed by atoms with Gasteiger partial charge in [-0.3, -0.25) is 4.21 Å². The van der Waals surface area contributed by atoms with Gasteiger partial charge in [0, 0.05) is 16.4 Å². The van der Waals surface area contributed by atoms with Crippen molar-refractivity contribution in [2.24, 2.45) is 0 Å². The monoisotopic (exact) mass is 336 g/mol. The number of tetrazole rings is 1. The molecule has 1 aliphatic rings. The Morgan fingerprint density at radius 3 is 2.73 bits per heavy atom. The number of benzene rings is 1. The van der Waals surface area contributed by atoms with Crippen LogP contribution in [0.25, 0.3) is 0 Å². The summed E-state index contributed by atoms with van der Waals surface area (Å²) in [6, 6.07) is 10.0. The Balaban J connectivity index is 1.54. The quantitative estimate of drug-likeness (QED) is 0.759. The van der Waals surface area contributed by atoms with Crippen LogP contribution in [0.2, 0.25) is 0 Å². The van der Waals surface area contributed by atoms with E-state index in [1.807, 2.05) is 35.0 Å². The number of thioether (sulfide) groups is 1. The molecule has 3 rings (SSSR count). The van der Waals surface area contributed by atoms with Gasteiger partial charge in [-0.1, -0.05) is 49.2 Å². The summed E-state index contributed by atoms with van der Waals surface area (Å²) in [5.41, 5.74) is 0. The maximum absolute atomic E-state index is 12.2. The number of hydrogen-bond acceptors (Lipinski definition) is 5. The van der Waals surface area contributed by atoms with E-state index >= 15 is 0 Å². The van der Waals surface area contributed by atoms with E-state index in [4.69, 9.17) is 0 Å². The smallest absolute Gasteiger partial charge is 0.209 e. The van der Waals surface area contributed by atoms with E-state index < -0.39 is 10.8 Å². The van der Waals surface area contributed by atoms with Gasteiger partial charge in [0.05, 0.1) is 16.8 Å². The predicted molar refractivity (Wildman–Crippen MR) is 88.4 cm³/mol. The molecule has 1 saturated carbocycles. The fourth-order valence-corrected chi connectivity index (χ4v) is 4.96. The van der Waals surface area contributed by atoms with Crippen molar-refractivity contribution in [3.05, 3.63) is 30.3 Å². The molecule has 118 valence electrons. The molecule has 1 aromatic carbocycles. The zero-order valence-electron chi connectivity index (χ0n) is 12.4. The van der Waals surface area contributed by atoms with E-state index in [2.05, 4.69) is 15.5 Å². The minimum Gasteiger partial charge on any atom is -0.254 e. The summed E-state index contributed by atoms with van der Waals surface area (Å²) in [5.74, 6) is 1.38. The van der Waals surface area contributed by atoms with E-state index in [-0.39, 0.29) is 0 Å². The van der Waals surface area contributed by atoms with Gasteiger partial charge < -0.3 is 0 Å². The third kappa shape index (κ3) is 3.95. The summed E-state index contributed by atoms with van der Waals surface area (Å²) in [5, 5.41) is 13.0. The molecule has 0 amide bonds. The van der Waals surface area contributed by atoms with Gasteiger partial charge in [-0.05, 0) is 35.4 Å². The van der Waals surface area contributed by atoms with Gasteiger partial charge in [-0.15, -0.1) is 5.10 Å². The molecular formula is C15H20N4OS2. The fourth-order valence-electron chi connectivity index (χ4n) is 2.73. The maximum Gasteiger partial charge on any atom is 0.209 e. The largest absolute Gasteiger partial charge is 0.254 e. The molecule has 0 aliphatic heterocycles. The molecule has 2 aromatic rings. The third-order valence-corrected chi connectivity index (χ3v) is 6.46. The van der Waals surface area contributed by atoms with Crippen LogP contribution in [-0.4, -0.2) is 35.9 Å². The van der Waals surface area contributed by atoms with Crippen molar-refractivity contribution in [3.63, 3.8) is 0 Å². The van der Waals surface area contributed by atoms with Gasteiger partial charge >= 0.3 is 0 Å². The lowest BCUT2D eigenvalue weighted by molar-refractivity contribution is 0.307. The molecule has 0 unspecified atom stereocenters. The summed E-state index contributed by atoms with van der Waals surface area (Å²) in [4.78, 5) is 0.884. The molecule has 0 radical (unpaired) electrons. The zero-order chi connectivity index (χ0) is 15.2. The van der Waals surface area contributed by atoms with Crippen LogP contribution in [0, 0.1) is 0 Å². The number of rotatable bonds is 6. The van der Waals surface area contributed by atoms with E-state index in [1.165, 1.54) is 19.3 Å². The summed E-state index contributed by atoms with van der Waals surface area (Å²) in [7, 11) is -0.955. The lowest BCUT2D eigenvalue weighted by Crippen LogP contribution is -2.15. The number of hydrogen-bond donors (Lipinski definition) is 0. The third-order valence-electron chi connectivity index (χ3n) is 3.89. The van der Waals surface area contributed by atoms with Crippen molar-refractivity contribution in [1.82, 2.24) is 20.2 Å². The van der Waals surface area contributed by atoms with Gasteiger partial charge in [0.2, 0.25) is 5.16 Å². The van der Waals surface area contributed by atoms with Crippen molar-refractivity contribution in [2.75, 3.05) is 11.5 Å². The van der Waals surface area contributed by atoms with Crippen LogP contribution < -0.4 is 0 Å². The second kappa shape index (κ2) is 7.87. The minimum absolute atomic E-state index is 0.436. The summed E-state index contributed by atoms with van der Waals surface area (Å²) < 4.78 is 14.2. The first kappa shape index (κ1) is 15.7. The van der Waals surface area contributed by atoms with Crippen LogP contribution in [0.3, 0.4) is 0 Å². The van der Waals surface area contributed by atoms with Crippen LogP contribution >= 0.6 is 11.8 Å². The normalized spacial score (nSPS) is 17.5. The Bertz CT molecular complexity index is 611. The first-order valence-electron chi connectivity index (χ1n) is 7.68. The second-order valence-corrected chi connectivity index (χ2v) is 8.04. The van der Waals surface area contributed by atoms with Crippen LogP contribution in [0.1, 0.15) is 38.1 Å². The van der Waals surface area contributed by atoms with Crippen LogP contribution in [0.15, 0.2) is 40.4 Å². The Hall–Kier alpha value is -1.21. The molecule has 1 aromatic heterocycles. The van der Waals surface area contributed by atoms with Gasteiger partial charge in [0.15, 0.2) is 0 Å². The van der Waals surface area contributed by atoms with E-state index in [9.17, 15) is 4.21 Å². The van der Waals surface area contributed by atoms with Gasteiger partial charge in [0.1, 0.15) is 0 Å². The summed E-state index contributed by atoms with van der Waals surface area (Å²) in [6.45, 7) is 0. The molecule has 0 N–H and O–H groups in total. The Morgan fingerprint density at radius 1 is 1.18 bits per heavy atom. The molecule has 5 nitrogen and oxygen atoms in total. The zero-order valence-corrected chi connectivity index (χ0v) is 14.1. The molecule has 0 spiro atoms. The SMILES string of the molecule is O=[S@](CCSc1nnnn1C1CCCCC1)c1ccccc1. The molecule has 1 aliphatic carbocycles. The Labute approximate surface area is 137 Å². The molecule has 7 heteroatoms. The topological polar surface area (TPSA) is 60.7 Å². The highest BCUT2D eigenvalue weighted by Gasteiger charge is 2.20. The van der Waals surface area contributed by atoms with E-state index in [0.717, 1.165) is 28.6 Å². The second-order valence-electron chi connectivity index (χ2n) is 5.41. The first-order chi connectivity index (χ1) is 10.8. The molecule has 1 atom stereocenters. The summed E-state index contributed by atoms with van der Waals surface area (Å²) >= 11 is 1.60.